The van der Waals surface area contributed by atoms with Gasteiger partial charge in [-0.15, -0.1) is 0 Å². The molecule has 3 rings (SSSR count). The summed E-state index contributed by atoms with van der Waals surface area (Å²) in [6.45, 7) is 0. The summed E-state index contributed by atoms with van der Waals surface area (Å²) in [6.07, 6.45) is 1.83. The molecular formula is C18H14N2O3. The van der Waals surface area contributed by atoms with E-state index in [0.29, 0.717) is 22.6 Å². The van der Waals surface area contributed by atoms with Gasteiger partial charge in [0.05, 0.1) is 31.0 Å². The van der Waals surface area contributed by atoms with Gasteiger partial charge in [0.2, 0.25) is 0 Å². The third kappa shape index (κ3) is 2.30. The number of benzene rings is 2. The first-order chi connectivity index (χ1) is 11.2. The van der Waals surface area contributed by atoms with E-state index in [1.807, 2.05) is 35.0 Å². The average Bonchev–Trinajstić information content (AvgIpc) is 3.04. The molecule has 3 aromatic rings. The second-order valence-electron chi connectivity index (χ2n) is 4.88. The largest absolute Gasteiger partial charge is 0.495 e. The third-order valence-corrected chi connectivity index (χ3v) is 3.73. The number of methoxy groups -OCH3 is 2. The predicted octanol–water partition coefficient (Wildman–Crippen LogP) is 3.30. The van der Waals surface area contributed by atoms with Crippen LogP contribution in [0.1, 0.15) is 15.9 Å². The minimum absolute atomic E-state index is 0.389. The second kappa shape index (κ2) is 5.85. The zero-order valence-electron chi connectivity index (χ0n) is 12.7. The molecule has 23 heavy (non-hydrogen) atoms. The van der Waals surface area contributed by atoms with Crippen LogP contribution in [0.25, 0.3) is 16.6 Å². The Hall–Kier alpha value is -3.26. The summed E-state index contributed by atoms with van der Waals surface area (Å²) in [5.41, 5.74) is 2.45. The Morgan fingerprint density at radius 2 is 1.91 bits per heavy atom. The standard InChI is InChI=1S/C18H14N2O3/c1-22-17-8-4-7-16(14(17)11-19)20-10-9-12-13(18(21)23-2)5-3-6-15(12)20/h3-10H,1-2H3. The van der Waals surface area contributed by atoms with Crippen LogP contribution in [0.3, 0.4) is 0 Å². The quantitative estimate of drug-likeness (QED) is 0.696. The van der Waals surface area contributed by atoms with Crippen LogP contribution in [0.15, 0.2) is 48.7 Å². The van der Waals surface area contributed by atoms with Crippen LogP contribution in [0.4, 0.5) is 0 Å². The van der Waals surface area contributed by atoms with E-state index in [1.54, 1.807) is 18.2 Å². The summed E-state index contributed by atoms with van der Waals surface area (Å²) in [6, 6.07) is 14.8. The second-order valence-corrected chi connectivity index (χ2v) is 4.88. The molecule has 0 spiro atoms. The number of ether oxygens (including phenoxy) is 2. The van der Waals surface area contributed by atoms with Crippen molar-refractivity contribution in [3.05, 3.63) is 59.8 Å². The van der Waals surface area contributed by atoms with Crippen LogP contribution < -0.4 is 4.74 Å². The molecule has 5 heteroatoms. The van der Waals surface area contributed by atoms with Crippen molar-refractivity contribution in [1.29, 1.82) is 5.26 Å². The Bertz CT molecular complexity index is 935. The van der Waals surface area contributed by atoms with Crippen molar-refractivity contribution in [3.63, 3.8) is 0 Å². The highest BCUT2D eigenvalue weighted by Gasteiger charge is 2.16. The van der Waals surface area contributed by atoms with E-state index in [0.717, 1.165) is 10.9 Å². The molecule has 0 saturated carbocycles. The topological polar surface area (TPSA) is 64.2 Å². The van der Waals surface area contributed by atoms with Crippen LogP contribution in [0, 0.1) is 11.3 Å². The highest BCUT2D eigenvalue weighted by Crippen LogP contribution is 2.29. The van der Waals surface area contributed by atoms with Gasteiger partial charge in [-0.25, -0.2) is 4.79 Å². The number of aromatic nitrogens is 1. The number of rotatable bonds is 3. The van der Waals surface area contributed by atoms with Crippen molar-refractivity contribution in [3.8, 4) is 17.5 Å². The molecule has 0 fully saturated rings. The van der Waals surface area contributed by atoms with Gasteiger partial charge in [0.25, 0.3) is 0 Å². The lowest BCUT2D eigenvalue weighted by Crippen LogP contribution is -2.02. The van der Waals surface area contributed by atoms with Gasteiger partial charge in [-0.1, -0.05) is 12.1 Å². The maximum atomic E-state index is 11.9. The molecule has 0 unspecified atom stereocenters. The van der Waals surface area contributed by atoms with E-state index in [2.05, 4.69) is 6.07 Å². The van der Waals surface area contributed by atoms with Gasteiger partial charge in [-0.05, 0) is 30.3 Å². The van der Waals surface area contributed by atoms with Gasteiger partial charge in [-0.3, -0.25) is 0 Å². The van der Waals surface area contributed by atoms with Gasteiger partial charge in [-0.2, -0.15) is 5.26 Å². The Balaban J connectivity index is 2.28. The zero-order valence-corrected chi connectivity index (χ0v) is 12.7. The van der Waals surface area contributed by atoms with Gasteiger partial charge in [0, 0.05) is 11.6 Å². The number of hydrogen-bond donors (Lipinski definition) is 0. The van der Waals surface area contributed by atoms with E-state index in [9.17, 15) is 10.1 Å². The molecule has 0 radical (unpaired) electrons. The summed E-state index contributed by atoms with van der Waals surface area (Å²) < 4.78 is 11.9. The lowest BCUT2D eigenvalue weighted by atomic mass is 10.1. The summed E-state index contributed by atoms with van der Waals surface area (Å²) in [5, 5.41) is 10.2. The molecule has 2 aromatic carbocycles. The predicted molar refractivity (Wildman–Crippen MR) is 85.9 cm³/mol. The Morgan fingerprint density at radius 1 is 1.13 bits per heavy atom. The molecule has 0 atom stereocenters. The number of carbonyl (C=O) groups is 1. The summed E-state index contributed by atoms with van der Waals surface area (Å²) in [7, 11) is 2.89. The molecule has 0 aliphatic heterocycles. The maximum Gasteiger partial charge on any atom is 0.338 e. The smallest absolute Gasteiger partial charge is 0.338 e. The molecule has 0 amide bonds. The van der Waals surface area contributed by atoms with Gasteiger partial charge >= 0.3 is 5.97 Å². The van der Waals surface area contributed by atoms with Crippen molar-refractivity contribution in [2.75, 3.05) is 14.2 Å². The minimum atomic E-state index is -0.389. The van der Waals surface area contributed by atoms with E-state index < -0.39 is 0 Å². The van der Waals surface area contributed by atoms with Crippen LogP contribution in [0.2, 0.25) is 0 Å². The average molecular weight is 306 g/mol. The highest BCUT2D eigenvalue weighted by molar-refractivity contribution is 6.04. The van der Waals surface area contributed by atoms with Gasteiger partial charge < -0.3 is 14.0 Å². The fourth-order valence-corrected chi connectivity index (χ4v) is 2.67. The number of esters is 1. The summed E-state index contributed by atoms with van der Waals surface area (Å²) in [5.74, 6) is 0.121. The van der Waals surface area contributed by atoms with Crippen LogP contribution >= 0.6 is 0 Å². The van der Waals surface area contributed by atoms with Gasteiger partial charge in [0.1, 0.15) is 17.4 Å². The molecule has 5 nitrogen and oxygen atoms in total. The lowest BCUT2D eigenvalue weighted by molar-refractivity contribution is 0.0603. The molecule has 0 bridgehead atoms. The molecule has 114 valence electrons. The number of nitrogens with zero attached hydrogens (tertiary/aromatic N) is 2. The Kier molecular flexibility index (Phi) is 3.73. The van der Waals surface area contributed by atoms with Crippen molar-refractivity contribution >= 4 is 16.9 Å². The van der Waals surface area contributed by atoms with E-state index >= 15 is 0 Å². The fraction of sp³-hybridized carbons (Fsp3) is 0.111. The molecule has 1 heterocycles. The monoisotopic (exact) mass is 306 g/mol. The summed E-state index contributed by atoms with van der Waals surface area (Å²) >= 11 is 0. The lowest BCUT2D eigenvalue weighted by Gasteiger charge is -2.11. The summed E-state index contributed by atoms with van der Waals surface area (Å²) in [4.78, 5) is 11.9. The first kappa shape index (κ1) is 14.7. The van der Waals surface area contributed by atoms with Crippen molar-refractivity contribution in [2.45, 2.75) is 0 Å². The molecule has 0 N–H and O–H groups in total. The number of carbonyl (C=O) groups excluding carboxylic acids is 1. The van der Waals surface area contributed by atoms with E-state index in [4.69, 9.17) is 9.47 Å². The van der Waals surface area contributed by atoms with Crippen molar-refractivity contribution < 1.29 is 14.3 Å². The first-order valence-electron chi connectivity index (χ1n) is 6.97. The first-order valence-corrected chi connectivity index (χ1v) is 6.97. The Morgan fingerprint density at radius 3 is 2.61 bits per heavy atom. The van der Waals surface area contributed by atoms with Crippen molar-refractivity contribution in [2.24, 2.45) is 0 Å². The molecule has 0 aliphatic carbocycles. The van der Waals surface area contributed by atoms with Crippen LogP contribution in [-0.4, -0.2) is 24.8 Å². The van der Waals surface area contributed by atoms with E-state index in [-0.39, 0.29) is 5.97 Å². The number of nitriles is 1. The highest BCUT2D eigenvalue weighted by atomic mass is 16.5. The van der Waals surface area contributed by atoms with Crippen LogP contribution in [-0.2, 0) is 4.74 Å². The normalized spacial score (nSPS) is 10.3. The van der Waals surface area contributed by atoms with Gasteiger partial charge in [0.15, 0.2) is 0 Å². The molecule has 0 aliphatic rings. The number of fused-ring (bicyclic) bond motifs is 1. The van der Waals surface area contributed by atoms with E-state index in [1.165, 1.54) is 14.2 Å². The fourth-order valence-electron chi connectivity index (χ4n) is 2.67. The number of hydrogen-bond acceptors (Lipinski definition) is 4. The maximum absolute atomic E-state index is 11.9. The Labute approximate surface area is 133 Å². The third-order valence-electron chi connectivity index (χ3n) is 3.73. The van der Waals surface area contributed by atoms with Crippen LogP contribution in [0.5, 0.6) is 5.75 Å². The zero-order chi connectivity index (χ0) is 16.4. The SMILES string of the molecule is COC(=O)c1cccc2c1ccn2-c1cccc(OC)c1C#N. The molecule has 0 saturated heterocycles. The minimum Gasteiger partial charge on any atom is -0.495 e. The molecular weight excluding hydrogens is 292 g/mol. The van der Waals surface area contributed by atoms with Crippen molar-refractivity contribution in [1.82, 2.24) is 4.57 Å². The molecule has 1 aromatic heterocycles.